The number of rotatable bonds is 11. The van der Waals surface area contributed by atoms with Crippen molar-refractivity contribution >= 4 is 27.7 Å². The fourth-order valence-corrected chi connectivity index (χ4v) is 9.23. The van der Waals surface area contributed by atoms with Gasteiger partial charge in [-0.15, -0.1) is 11.8 Å². The number of aryl methyl sites for hydroxylation is 1. The number of hydrogen-bond donors (Lipinski definition) is 0. The summed E-state index contributed by atoms with van der Waals surface area (Å²) in [5.41, 5.74) is 2.20. The van der Waals surface area contributed by atoms with E-state index in [2.05, 4.69) is 26.9 Å². The molecule has 14 heteroatoms. The molecule has 0 N–H and O–H groups in total. The van der Waals surface area contributed by atoms with E-state index in [9.17, 15) is 26.4 Å². The summed E-state index contributed by atoms with van der Waals surface area (Å²) in [4.78, 5) is 19.1. The van der Waals surface area contributed by atoms with Crippen LogP contribution in [0.5, 0.6) is 0 Å². The molecule has 0 radical (unpaired) electrons. The van der Waals surface area contributed by atoms with Crippen molar-refractivity contribution in [2.45, 2.75) is 75.1 Å². The number of carbonyl (C=O) groups excluding carboxylic acids is 1. The zero-order chi connectivity index (χ0) is 33.2. The summed E-state index contributed by atoms with van der Waals surface area (Å²) in [6, 6.07) is 4.55. The van der Waals surface area contributed by atoms with Gasteiger partial charge in [0.1, 0.15) is 0 Å². The lowest BCUT2D eigenvalue weighted by Gasteiger charge is -2.36. The van der Waals surface area contributed by atoms with Crippen molar-refractivity contribution in [1.82, 2.24) is 28.8 Å². The van der Waals surface area contributed by atoms with Gasteiger partial charge in [0.05, 0.1) is 17.5 Å². The number of sulfonamides is 1. The van der Waals surface area contributed by atoms with E-state index >= 15 is 0 Å². The Hall–Kier alpha value is -2.39. The van der Waals surface area contributed by atoms with E-state index in [4.69, 9.17) is 5.10 Å². The van der Waals surface area contributed by atoms with Gasteiger partial charge in [0.15, 0.2) is 0 Å². The highest BCUT2D eigenvalue weighted by Crippen LogP contribution is 2.40. The first-order valence-electron chi connectivity index (χ1n) is 16.7. The Morgan fingerprint density at radius 3 is 2.47 bits per heavy atom. The molecule has 1 aromatic heterocycles. The Balaban J connectivity index is 1.18. The maximum absolute atomic E-state index is 14.1. The first-order chi connectivity index (χ1) is 22.5. The fraction of sp³-hybridized carbons (Fsp3) is 0.636. The van der Waals surface area contributed by atoms with Crippen LogP contribution in [0.1, 0.15) is 55.3 Å². The third kappa shape index (κ3) is 8.26. The Labute approximate surface area is 280 Å². The lowest BCUT2D eigenvalue weighted by Crippen LogP contribution is -2.45. The van der Waals surface area contributed by atoms with Crippen LogP contribution in [0.2, 0.25) is 0 Å². The van der Waals surface area contributed by atoms with E-state index in [0.717, 1.165) is 88.7 Å². The van der Waals surface area contributed by atoms with Gasteiger partial charge in [-0.3, -0.25) is 14.4 Å². The van der Waals surface area contributed by atoms with Gasteiger partial charge in [-0.05, 0) is 50.8 Å². The smallest absolute Gasteiger partial charge is 0.340 e. The van der Waals surface area contributed by atoms with Gasteiger partial charge >= 0.3 is 6.18 Å². The molecule has 1 amide bonds. The second kappa shape index (κ2) is 14.6. The summed E-state index contributed by atoms with van der Waals surface area (Å²) in [5, 5.41) is 4.95. The van der Waals surface area contributed by atoms with E-state index in [1.807, 2.05) is 4.68 Å². The van der Waals surface area contributed by atoms with E-state index < -0.39 is 21.8 Å². The molecule has 4 aliphatic rings. The highest BCUT2D eigenvalue weighted by Gasteiger charge is 2.35. The largest absolute Gasteiger partial charge is 0.417 e. The first kappa shape index (κ1) is 34.5. The molecule has 6 rings (SSSR count). The van der Waals surface area contributed by atoms with Gasteiger partial charge in [-0.25, -0.2) is 8.42 Å². The van der Waals surface area contributed by atoms with E-state index in [0.29, 0.717) is 55.5 Å². The number of benzene rings is 1. The molecular formula is C33H45F3N6O3S2. The third-order valence-corrected chi connectivity index (χ3v) is 12.2. The van der Waals surface area contributed by atoms with Crippen molar-refractivity contribution in [1.29, 1.82) is 0 Å². The van der Waals surface area contributed by atoms with Gasteiger partial charge in [-0.2, -0.15) is 22.6 Å². The van der Waals surface area contributed by atoms with Crippen LogP contribution in [0.25, 0.3) is 11.3 Å². The van der Waals surface area contributed by atoms with Gasteiger partial charge in [-0.1, -0.05) is 18.2 Å². The summed E-state index contributed by atoms with van der Waals surface area (Å²) in [7, 11) is -3.46. The molecule has 0 aliphatic carbocycles. The number of thioether (sulfide) groups is 1. The number of amides is 1. The monoisotopic (exact) mass is 694 g/mol. The lowest BCUT2D eigenvalue weighted by molar-refractivity contribution is -0.139. The summed E-state index contributed by atoms with van der Waals surface area (Å²) >= 11 is 1.21. The zero-order valence-corrected chi connectivity index (χ0v) is 28.7. The second-order valence-electron chi connectivity index (χ2n) is 13.1. The van der Waals surface area contributed by atoms with Crippen molar-refractivity contribution in [2.24, 2.45) is 0 Å². The Morgan fingerprint density at radius 1 is 0.979 bits per heavy atom. The molecule has 2 aromatic rings. The van der Waals surface area contributed by atoms with Crippen LogP contribution in [-0.4, -0.2) is 114 Å². The summed E-state index contributed by atoms with van der Waals surface area (Å²) < 4.78 is 70.7. The number of nitrogens with zero attached hydrogens (tertiary/aromatic N) is 6. The number of carbonyl (C=O) groups is 1. The summed E-state index contributed by atoms with van der Waals surface area (Å²) in [5.74, 6) is 0.811. The average Bonchev–Trinajstić information content (AvgIpc) is 3.64. The Morgan fingerprint density at radius 2 is 1.79 bits per heavy atom. The number of hydrogen-bond acceptors (Lipinski definition) is 7. The lowest BCUT2D eigenvalue weighted by atomic mass is 10.0. The van der Waals surface area contributed by atoms with Gasteiger partial charge in [0.2, 0.25) is 15.9 Å². The molecule has 5 heterocycles. The maximum atomic E-state index is 14.1. The predicted octanol–water partition coefficient (Wildman–Crippen LogP) is 4.72. The Kier molecular flexibility index (Phi) is 10.7. The average molecular weight is 695 g/mol. The summed E-state index contributed by atoms with van der Waals surface area (Å²) in [6.45, 7) is 7.19. The van der Waals surface area contributed by atoms with Crippen molar-refractivity contribution in [3.63, 3.8) is 0 Å². The molecule has 9 nitrogen and oxygen atoms in total. The number of likely N-dealkylation sites (tertiary alicyclic amines) is 2. The molecule has 0 atom stereocenters. The SMILES string of the molecule is CS(=O)(=O)N1CCc2c(c(-c3ccc(C(F)(F)F)c(SCCN4CC=CCC4)c3)nn2CCCN2CCC(N3CCCC3=O)CC2)C1. The molecule has 0 unspecified atom stereocenters. The summed E-state index contributed by atoms with van der Waals surface area (Å²) in [6.07, 6.45) is 6.81. The molecule has 4 aliphatic heterocycles. The topological polar surface area (TPSA) is 82.0 Å². The van der Waals surface area contributed by atoms with Crippen molar-refractivity contribution < 1.29 is 26.4 Å². The first-order valence-corrected chi connectivity index (χ1v) is 19.6. The fourth-order valence-electron chi connectivity index (χ4n) is 7.32. The minimum atomic E-state index is -4.49. The molecule has 1 aromatic carbocycles. The van der Waals surface area contributed by atoms with Crippen molar-refractivity contribution in [3.8, 4) is 11.3 Å². The number of piperidine rings is 1. The highest BCUT2D eigenvalue weighted by molar-refractivity contribution is 7.99. The molecular weight excluding hydrogens is 650 g/mol. The standard InChI is InChI=1S/C33H45F3N6O3S2/c1-47(44,45)40-20-12-29-27(24-40)32(37-42(29)17-6-15-39-18-10-26(11-19-39)41-16-5-7-31(41)43)25-8-9-28(33(34,35)36)30(23-25)46-22-21-38-13-3-2-4-14-38/h2-3,8-9,23,26H,4-7,10-22,24H2,1H3. The zero-order valence-electron chi connectivity index (χ0n) is 27.1. The van der Waals surface area contributed by atoms with Gasteiger partial charge in [0, 0.05) is 105 Å². The van der Waals surface area contributed by atoms with E-state index in [1.54, 1.807) is 6.07 Å². The molecule has 0 spiro atoms. The number of halogens is 3. The molecule has 2 fully saturated rings. The molecule has 258 valence electrons. The van der Waals surface area contributed by atoms with Crippen LogP contribution in [-0.2, 0) is 40.5 Å². The molecule has 47 heavy (non-hydrogen) atoms. The van der Waals surface area contributed by atoms with Crippen LogP contribution in [0.4, 0.5) is 13.2 Å². The minimum Gasteiger partial charge on any atom is -0.340 e. The van der Waals surface area contributed by atoms with Crippen molar-refractivity contribution in [3.05, 3.63) is 47.2 Å². The number of alkyl halides is 3. The van der Waals surface area contributed by atoms with Crippen LogP contribution < -0.4 is 0 Å². The van der Waals surface area contributed by atoms with E-state index in [-0.39, 0.29) is 17.3 Å². The second-order valence-corrected chi connectivity index (χ2v) is 16.2. The van der Waals surface area contributed by atoms with Crippen LogP contribution in [0, 0.1) is 0 Å². The normalized spacial score (nSPS) is 20.8. The molecule has 0 saturated carbocycles. The maximum Gasteiger partial charge on any atom is 0.417 e. The van der Waals surface area contributed by atoms with Crippen LogP contribution in [0.3, 0.4) is 0 Å². The Bertz CT molecular complexity index is 1570. The van der Waals surface area contributed by atoms with E-state index in [1.165, 1.54) is 28.4 Å². The van der Waals surface area contributed by atoms with Crippen LogP contribution >= 0.6 is 11.8 Å². The quantitative estimate of drug-likeness (QED) is 0.249. The number of aromatic nitrogens is 2. The molecule has 0 bridgehead atoms. The molecule has 2 saturated heterocycles. The minimum absolute atomic E-state index is 0.151. The predicted molar refractivity (Wildman–Crippen MR) is 178 cm³/mol. The van der Waals surface area contributed by atoms with Gasteiger partial charge < -0.3 is 9.80 Å². The van der Waals surface area contributed by atoms with Gasteiger partial charge in [0.25, 0.3) is 0 Å². The highest BCUT2D eigenvalue weighted by atomic mass is 32.2. The third-order valence-electron chi connectivity index (χ3n) is 9.89. The van der Waals surface area contributed by atoms with Crippen LogP contribution in [0.15, 0.2) is 35.2 Å². The number of fused-ring (bicyclic) bond motifs is 1. The van der Waals surface area contributed by atoms with Crippen molar-refractivity contribution in [2.75, 3.05) is 64.4 Å².